The number of aryl methyl sites for hydroxylation is 3. The lowest BCUT2D eigenvalue weighted by atomic mass is 10.2. The maximum atomic E-state index is 4.44. The van der Waals surface area contributed by atoms with Crippen molar-refractivity contribution in [2.45, 2.75) is 33.9 Å². The van der Waals surface area contributed by atoms with Crippen molar-refractivity contribution < 1.29 is 0 Å². The van der Waals surface area contributed by atoms with Crippen LogP contribution in [0.5, 0.6) is 0 Å². The first-order valence-electron chi connectivity index (χ1n) is 6.03. The van der Waals surface area contributed by atoms with Crippen molar-refractivity contribution in [2.75, 3.05) is 5.32 Å². The van der Waals surface area contributed by atoms with Crippen molar-refractivity contribution in [3.63, 3.8) is 0 Å². The zero-order valence-electron chi connectivity index (χ0n) is 10.7. The topological polar surface area (TPSA) is 29.9 Å². The standard InChI is InChI=1S/C14H19N3/c1-4-17-14(9-12(3)16-17)10-15-13-7-5-6-11(2)8-13/h5-9,15H,4,10H2,1-3H3. The van der Waals surface area contributed by atoms with Crippen molar-refractivity contribution >= 4 is 5.69 Å². The molecule has 2 aromatic rings. The summed E-state index contributed by atoms with van der Waals surface area (Å²) in [5.41, 5.74) is 4.74. The molecule has 0 spiro atoms. The third-order valence-electron chi connectivity index (χ3n) is 2.78. The van der Waals surface area contributed by atoms with Crippen LogP contribution in [0.3, 0.4) is 0 Å². The Labute approximate surface area is 102 Å². The van der Waals surface area contributed by atoms with Crippen molar-refractivity contribution in [3.05, 3.63) is 47.3 Å². The van der Waals surface area contributed by atoms with Crippen molar-refractivity contribution in [1.82, 2.24) is 9.78 Å². The van der Waals surface area contributed by atoms with Crippen LogP contribution in [0.25, 0.3) is 0 Å². The van der Waals surface area contributed by atoms with Gasteiger partial charge in [0.1, 0.15) is 0 Å². The second-order valence-electron chi connectivity index (χ2n) is 4.32. The first-order valence-corrected chi connectivity index (χ1v) is 6.03. The predicted octanol–water partition coefficient (Wildman–Crippen LogP) is 3.13. The molecule has 1 aromatic carbocycles. The van der Waals surface area contributed by atoms with E-state index in [0.29, 0.717) is 0 Å². The lowest BCUT2D eigenvalue weighted by molar-refractivity contribution is 0.623. The molecule has 0 radical (unpaired) electrons. The minimum atomic E-state index is 0.818. The Morgan fingerprint density at radius 3 is 2.76 bits per heavy atom. The van der Waals surface area contributed by atoms with Gasteiger partial charge in [0.25, 0.3) is 0 Å². The summed E-state index contributed by atoms with van der Waals surface area (Å²) in [6.07, 6.45) is 0. The molecule has 1 N–H and O–H groups in total. The monoisotopic (exact) mass is 229 g/mol. The third-order valence-corrected chi connectivity index (χ3v) is 2.78. The van der Waals surface area contributed by atoms with Crippen molar-refractivity contribution in [1.29, 1.82) is 0 Å². The molecular weight excluding hydrogens is 210 g/mol. The van der Waals surface area contributed by atoms with Crippen molar-refractivity contribution in [3.8, 4) is 0 Å². The zero-order chi connectivity index (χ0) is 12.3. The largest absolute Gasteiger partial charge is 0.379 e. The quantitative estimate of drug-likeness (QED) is 0.873. The lowest BCUT2D eigenvalue weighted by Crippen LogP contribution is -2.07. The molecule has 3 heteroatoms. The minimum Gasteiger partial charge on any atom is -0.379 e. The number of nitrogens with zero attached hydrogens (tertiary/aromatic N) is 2. The van der Waals surface area contributed by atoms with Gasteiger partial charge in [-0.2, -0.15) is 5.10 Å². The van der Waals surface area contributed by atoms with Gasteiger partial charge in [0, 0.05) is 12.2 Å². The second kappa shape index (κ2) is 5.04. The highest BCUT2D eigenvalue weighted by atomic mass is 15.3. The summed E-state index contributed by atoms with van der Waals surface area (Å²) in [5, 5.41) is 7.86. The van der Waals surface area contributed by atoms with E-state index in [4.69, 9.17) is 0 Å². The van der Waals surface area contributed by atoms with Gasteiger partial charge in [0.2, 0.25) is 0 Å². The molecule has 90 valence electrons. The maximum absolute atomic E-state index is 4.44. The fourth-order valence-corrected chi connectivity index (χ4v) is 1.96. The van der Waals surface area contributed by atoms with Gasteiger partial charge in [0.05, 0.1) is 17.9 Å². The van der Waals surface area contributed by atoms with Gasteiger partial charge in [0.15, 0.2) is 0 Å². The zero-order valence-corrected chi connectivity index (χ0v) is 10.7. The van der Waals surface area contributed by atoms with Crippen LogP contribution in [0, 0.1) is 13.8 Å². The fourth-order valence-electron chi connectivity index (χ4n) is 1.96. The van der Waals surface area contributed by atoms with Crippen LogP contribution < -0.4 is 5.32 Å². The summed E-state index contributed by atoms with van der Waals surface area (Å²) in [5.74, 6) is 0. The van der Waals surface area contributed by atoms with E-state index in [-0.39, 0.29) is 0 Å². The van der Waals surface area contributed by atoms with E-state index in [1.54, 1.807) is 0 Å². The Morgan fingerprint density at radius 1 is 1.24 bits per heavy atom. The number of hydrogen-bond donors (Lipinski definition) is 1. The summed E-state index contributed by atoms with van der Waals surface area (Å²) < 4.78 is 2.04. The number of anilines is 1. The second-order valence-corrected chi connectivity index (χ2v) is 4.32. The van der Waals surface area contributed by atoms with Crippen LogP contribution >= 0.6 is 0 Å². The summed E-state index contributed by atoms with van der Waals surface area (Å²) in [4.78, 5) is 0. The number of nitrogens with one attached hydrogen (secondary N) is 1. The summed E-state index contributed by atoms with van der Waals surface area (Å²) in [6.45, 7) is 7.98. The molecule has 1 aromatic heterocycles. The predicted molar refractivity (Wildman–Crippen MR) is 71.1 cm³/mol. The fraction of sp³-hybridized carbons (Fsp3) is 0.357. The normalized spacial score (nSPS) is 10.5. The van der Waals surface area contributed by atoms with Crippen molar-refractivity contribution in [2.24, 2.45) is 0 Å². The van der Waals surface area contributed by atoms with E-state index in [9.17, 15) is 0 Å². The van der Waals surface area contributed by atoms with Crippen LogP contribution in [0.1, 0.15) is 23.9 Å². The molecule has 0 bridgehead atoms. The van der Waals surface area contributed by atoms with Crippen LogP contribution in [-0.2, 0) is 13.1 Å². The first kappa shape index (κ1) is 11.7. The third kappa shape index (κ3) is 2.87. The molecule has 0 aliphatic heterocycles. The SMILES string of the molecule is CCn1nc(C)cc1CNc1cccc(C)c1. The Morgan fingerprint density at radius 2 is 2.06 bits per heavy atom. The Hall–Kier alpha value is -1.77. The molecule has 0 saturated carbocycles. The average molecular weight is 229 g/mol. The number of benzene rings is 1. The molecule has 0 aliphatic rings. The molecule has 0 aliphatic carbocycles. The number of rotatable bonds is 4. The van der Waals surface area contributed by atoms with Gasteiger partial charge < -0.3 is 5.32 Å². The van der Waals surface area contributed by atoms with E-state index in [2.05, 4.69) is 54.6 Å². The number of aromatic nitrogens is 2. The molecule has 0 fully saturated rings. The Balaban J connectivity index is 2.06. The molecule has 17 heavy (non-hydrogen) atoms. The van der Waals surface area contributed by atoms with Gasteiger partial charge in [-0.25, -0.2) is 0 Å². The molecule has 0 atom stereocenters. The van der Waals surface area contributed by atoms with E-state index in [0.717, 1.165) is 24.5 Å². The Bertz CT molecular complexity index is 500. The van der Waals surface area contributed by atoms with Gasteiger partial charge in [-0.1, -0.05) is 12.1 Å². The smallest absolute Gasteiger partial charge is 0.0597 e. The highest BCUT2D eigenvalue weighted by Gasteiger charge is 2.03. The minimum absolute atomic E-state index is 0.818. The molecule has 0 unspecified atom stereocenters. The molecule has 0 saturated heterocycles. The summed E-state index contributed by atoms with van der Waals surface area (Å²) >= 11 is 0. The van der Waals surface area contributed by atoms with Gasteiger partial charge >= 0.3 is 0 Å². The molecular formula is C14H19N3. The van der Waals surface area contributed by atoms with E-state index < -0.39 is 0 Å². The van der Waals surface area contributed by atoms with Crippen LogP contribution in [0.4, 0.5) is 5.69 Å². The van der Waals surface area contributed by atoms with E-state index in [1.807, 2.05) is 11.6 Å². The molecule has 3 nitrogen and oxygen atoms in total. The van der Waals surface area contributed by atoms with E-state index in [1.165, 1.54) is 11.3 Å². The Kier molecular flexibility index (Phi) is 3.47. The van der Waals surface area contributed by atoms with Crippen LogP contribution in [-0.4, -0.2) is 9.78 Å². The van der Waals surface area contributed by atoms with E-state index >= 15 is 0 Å². The highest BCUT2D eigenvalue weighted by Crippen LogP contribution is 2.12. The number of hydrogen-bond acceptors (Lipinski definition) is 2. The lowest BCUT2D eigenvalue weighted by Gasteiger charge is -2.08. The van der Waals surface area contributed by atoms with Gasteiger partial charge in [-0.3, -0.25) is 4.68 Å². The van der Waals surface area contributed by atoms with Gasteiger partial charge in [-0.05, 0) is 44.5 Å². The average Bonchev–Trinajstić information content (AvgIpc) is 2.67. The molecule has 0 amide bonds. The highest BCUT2D eigenvalue weighted by molar-refractivity contribution is 5.45. The van der Waals surface area contributed by atoms with Gasteiger partial charge in [-0.15, -0.1) is 0 Å². The summed E-state index contributed by atoms with van der Waals surface area (Å²) in [7, 11) is 0. The van der Waals surface area contributed by atoms with Crippen LogP contribution in [0.2, 0.25) is 0 Å². The summed E-state index contributed by atoms with van der Waals surface area (Å²) in [6, 6.07) is 10.5. The maximum Gasteiger partial charge on any atom is 0.0597 e. The van der Waals surface area contributed by atoms with Crippen LogP contribution in [0.15, 0.2) is 30.3 Å². The molecule has 1 heterocycles. The molecule has 2 rings (SSSR count). The first-order chi connectivity index (χ1) is 8.19.